The van der Waals surface area contributed by atoms with Crippen LogP contribution in [-0.2, 0) is 0 Å². The average molecular weight is 252 g/mol. The molecule has 3 rings (SSSR count). The molecule has 0 bridgehead atoms. The molecule has 2 heteroatoms. The lowest BCUT2D eigenvalue weighted by molar-refractivity contribution is 0.0978. The molecule has 0 saturated heterocycles. The zero-order valence-corrected chi connectivity index (χ0v) is 11.4. The summed E-state index contributed by atoms with van der Waals surface area (Å²) in [6, 6.07) is 12.4. The van der Waals surface area contributed by atoms with E-state index in [2.05, 4.69) is 0 Å². The maximum absolute atomic E-state index is 12.3. The standard InChI is InChI=1S/C15H10O2.C2H6/c1-9-5-4-8-12-13(9)15(17)11-7-3-2-6-10(11)14(12)16;1-2/h2-8H,1H3;1-2H3. The molecule has 0 N–H and O–H groups in total. The first-order valence-corrected chi connectivity index (χ1v) is 6.48. The van der Waals surface area contributed by atoms with Gasteiger partial charge >= 0.3 is 0 Å². The first-order chi connectivity index (χ1) is 9.20. The number of hydrogen-bond donors (Lipinski definition) is 0. The van der Waals surface area contributed by atoms with Gasteiger partial charge in [0.25, 0.3) is 0 Å². The van der Waals surface area contributed by atoms with Crippen LogP contribution in [0.4, 0.5) is 0 Å². The monoisotopic (exact) mass is 252 g/mol. The number of rotatable bonds is 0. The maximum Gasteiger partial charge on any atom is 0.194 e. The van der Waals surface area contributed by atoms with Crippen molar-refractivity contribution in [3.05, 3.63) is 70.3 Å². The predicted octanol–water partition coefficient (Wildman–Crippen LogP) is 3.80. The molecule has 0 aliphatic heterocycles. The molecular formula is C17H16O2. The van der Waals surface area contributed by atoms with E-state index in [-0.39, 0.29) is 11.6 Å². The average Bonchev–Trinajstić information content (AvgIpc) is 2.47. The van der Waals surface area contributed by atoms with Crippen molar-refractivity contribution in [2.24, 2.45) is 0 Å². The van der Waals surface area contributed by atoms with Gasteiger partial charge in [0.2, 0.25) is 0 Å². The van der Waals surface area contributed by atoms with Gasteiger partial charge in [-0.2, -0.15) is 0 Å². The summed E-state index contributed by atoms with van der Waals surface area (Å²) in [6.07, 6.45) is 0. The highest BCUT2D eigenvalue weighted by Crippen LogP contribution is 2.28. The van der Waals surface area contributed by atoms with Crippen molar-refractivity contribution >= 4 is 11.6 Å². The number of fused-ring (bicyclic) bond motifs is 2. The van der Waals surface area contributed by atoms with Crippen molar-refractivity contribution in [1.29, 1.82) is 0 Å². The van der Waals surface area contributed by atoms with Gasteiger partial charge in [-0.1, -0.05) is 56.3 Å². The Morgan fingerprint density at radius 2 is 1.21 bits per heavy atom. The van der Waals surface area contributed by atoms with Gasteiger partial charge in [-0.15, -0.1) is 0 Å². The molecule has 96 valence electrons. The Hall–Kier alpha value is -2.22. The van der Waals surface area contributed by atoms with Crippen LogP contribution in [0, 0.1) is 6.92 Å². The van der Waals surface area contributed by atoms with Crippen LogP contribution < -0.4 is 0 Å². The van der Waals surface area contributed by atoms with E-state index in [9.17, 15) is 9.59 Å². The molecule has 0 fully saturated rings. The zero-order valence-electron chi connectivity index (χ0n) is 11.4. The van der Waals surface area contributed by atoms with Crippen molar-refractivity contribution < 1.29 is 9.59 Å². The normalized spacial score (nSPS) is 12.2. The van der Waals surface area contributed by atoms with Gasteiger partial charge in [0.1, 0.15) is 0 Å². The van der Waals surface area contributed by atoms with Gasteiger partial charge in [0.05, 0.1) is 0 Å². The van der Waals surface area contributed by atoms with Crippen molar-refractivity contribution in [3.8, 4) is 0 Å². The molecule has 0 saturated carbocycles. The lowest BCUT2D eigenvalue weighted by Crippen LogP contribution is -2.21. The number of aryl methyl sites for hydroxylation is 1. The fourth-order valence-electron chi connectivity index (χ4n) is 2.32. The second-order valence-corrected chi connectivity index (χ2v) is 4.20. The first-order valence-electron chi connectivity index (χ1n) is 6.48. The maximum atomic E-state index is 12.3. The number of benzene rings is 2. The molecule has 0 aromatic heterocycles. The molecule has 19 heavy (non-hydrogen) atoms. The summed E-state index contributed by atoms with van der Waals surface area (Å²) in [6.45, 7) is 5.86. The second-order valence-electron chi connectivity index (χ2n) is 4.20. The summed E-state index contributed by atoms with van der Waals surface area (Å²) < 4.78 is 0. The highest BCUT2D eigenvalue weighted by Gasteiger charge is 2.29. The Balaban J connectivity index is 0.000000637. The number of ketones is 2. The summed E-state index contributed by atoms with van der Waals surface area (Å²) in [4.78, 5) is 24.6. The van der Waals surface area contributed by atoms with Gasteiger partial charge < -0.3 is 0 Å². The third-order valence-corrected chi connectivity index (χ3v) is 3.16. The summed E-state index contributed by atoms with van der Waals surface area (Å²) in [5.41, 5.74) is 2.95. The molecule has 0 heterocycles. The minimum Gasteiger partial charge on any atom is -0.289 e. The van der Waals surface area contributed by atoms with Crippen molar-refractivity contribution in [2.45, 2.75) is 20.8 Å². The topological polar surface area (TPSA) is 34.1 Å². The van der Waals surface area contributed by atoms with E-state index in [0.29, 0.717) is 22.3 Å². The van der Waals surface area contributed by atoms with Gasteiger partial charge in [0.15, 0.2) is 11.6 Å². The first kappa shape index (κ1) is 13.2. The van der Waals surface area contributed by atoms with E-state index < -0.39 is 0 Å². The smallest absolute Gasteiger partial charge is 0.194 e. The minimum atomic E-state index is -0.0566. The highest BCUT2D eigenvalue weighted by molar-refractivity contribution is 6.28. The largest absolute Gasteiger partial charge is 0.289 e. The summed E-state index contributed by atoms with van der Waals surface area (Å²) in [5, 5.41) is 0. The zero-order chi connectivity index (χ0) is 14.0. The minimum absolute atomic E-state index is 0.0479. The second kappa shape index (κ2) is 5.19. The van der Waals surface area contributed by atoms with Crippen molar-refractivity contribution in [1.82, 2.24) is 0 Å². The van der Waals surface area contributed by atoms with E-state index in [1.807, 2.05) is 32.9 Å². The Labute approximate surface area is 113 Å². The van der Waals surface area contributed by atoms with Crippen LogP contribution in [0.2, 0.25) is 0 Å². The molecule has 1 aliphatic rings. The van der Waals surface area contributed by atoms with Crippen molar-refractivity contribution in [2.75, 3.05) is 0 Å². The van der Waals surface area contributed by atoms with E-state index in [0.717, 1.165) is 5.56 Å². The predicted molar refractivity (Wildman–Crippen MR) is 75.8 cm³/mol. The van der Waals surface area contributed by atoms with E-state index in [1.165, 1.54) is 0 Å². The van der Waals surface area contributed by atoms with Gasteiger partial charge in [0, 0.05) is 22.3 Å². The Kier molecular flexibility index (Phi) is 3.61. The van der Waals surface area contributed by atoms with Crippen LogP contribution in [0.15, 0.2) is 42.5 Å². The lowest BCUT2D eigenvalue weighted by atomic mass is 9.82. The molecule has 0 radical (unpaired) electrons. The highest BCUT2D eigenvalue weighted by atomic mass is 16.1. The third-order valence-electron chi connectivity index (χ3n) is 3.16. The van der Waals surface area contributed by atoms with Crippen molar-refractivity contribution in [3.63, 3.8) is 0 Å². The Bertz CT molecular complexity index is 654. The summed E-state index contributed by atoms with van der Waals surface area (Å²) in [7, 11) is 0. The third kappa shape index (κ3) is 1.99. The van der Waals surface area contributed by atoms with Crippen LogP contribution in [0.1, 0.15) is 51.3 Å². The molecule has 2 nitrogen and oxygen atoms in total. The summed E-state index contributed by atoms with van der Waals surface area (Å²) >= 11 is 0. The molecular weight excluding hydrogens is 236 g/mol. The number of hydrogen-bond acceptors (Lipinski definition) is 2. The molecule has 2 aromatic rings. The fourth-order valence-corrected chi connectivity index (χ4v) is 2.32. The van der Waals surface area contributed by atoms with Crippen LogP contribution in [0.25, 0.3) is 0 Å². The van der Waals surface area contributed by atoms with Crippen LogP contribution in [0.5, 0.6) is 0 Å². The van der Waals surface area contributed by atoms with Gasteiger partial charge in [-0.05, 0) is 12.5 Å². The Morgan fingerprint density at radius 1 is 0.684 bits per heavy atom. The molecule has 2 aromatic carbocycles. The van der Waals surface area contributed by atoms with E-state index in [1.54, 1.807) is 30.3 Å². The van der Waals surface area contributed by atoms with Crippen LogP contribution in [-0.4, -0.2) is 11.6 Å². The van der Waals surface area contributed by atoms with Gasteiger partial charge in [-0.25, -0.2) is 0 Å². The molecule has 0 atom stereocenters. The number of carbonyl (C=O) groups excluding carboxylic acids is 2. The quantitative estimate of drug-likeness (QED) is 0.610. The number of carbonyl (C=O) groups is 2. The fraction of sp³-hybridized carbons (Fsp3) is 0.176. The van der Waals surface area contributed by atoms with E-state index in [4.69, 9.17) is 0 Å². The molecule has 1 aliphatic carbocycles. The molecule has 0 amide bonds. The van der Waals surface area contributed by atoms with Gasteiger partial charge in [-0.3, -0.25) is 9.59 Å². The van der Waals surface area contributed by atoms with Crippen LogP contribution in [0.3, 0.4) is 0 Å². The Morgan fingerprint density at radius 3 is 1.84 bits per heavy atom. The van der Waals surface area contributed by atoms with Crippen LogP contribution >= 0.6 is 0 Å². The van der Waals surface area contributed by atoms with E-state index >= 15 is 0 Å². The molecule has 0 unspecified atom stereocenters. The lowest BCUT2D eigenvalue weighted by Gasteiger charge is -2.18. The summed E-state index contributed by atoms with van der Waals surface area (Å²) in [5.74, 6) is -0.104. The SMILES string of the molecule is CC.Cc1cccc2c1C(=O)c1ccccc1C2=O. The molecule has 0 spiro atoms.